The highest BCUT2D eigenvalue weighted by Gasteiger charge is 2.50. The average Bonchev–Trinajstić information content (AvgIpc) is 3.41. The molecule has 2 atom stereocenters. The van der Waals surface area contributed by atoms with Crippen molar-refractivity contribution in [1.29, 1.82) is 0 Å². The molecule has 1 N–H and O–H groups in total. The van der Waals surface area contributed by atoms with E-state index < -0.39 is 12.0 Å². The van der Waals surface area contributed by atoms with E-state index in [-0.39, 0.29) is 22.3 Å². The molecule has 2 aliphatic heterocycles. The van der Waals surface area contributed by atoms with Crippen LogP contribution in [0.2, 0.25) is 0 Å². The number of nitrogens with zero attached hydrogens (tertiary/aromatic N) is 2. The molecular weight excluding hydrogens is 430 g/mol. The smallest absolute Gasteiger partial charge is 0.350 e. The number of thioether (sulfide) groups is 1. The standard InChI is InChI=1S/C19H19N3O6S2/c1-8-14(18(25)28-4)30-19(20-8)21-15(23)10-7-29-17-9-5-6-11(26-2)13(27-3)12(9)16(24)22(10)17/h5-6,10,17H,7H2,1-4H3,(H,20,21,23). The largest absolute Gasteiger partial charge is 0.493 e. The zero-order valence-electron chi connectivity index (χ0n) is 16.7. The third-order valence-corrected chi connectivity index (χ3v) is 7.35. The Bertz CT molecular complexity index is 1050. The minimum absolute atomic E-state index is 0.272. The topological polar surface area (TPSA) is 107 Å². The molecule has 1 saturated heterocycles. The number of methoxy groups -OCH3 is 3. The summed E-state index contributed by atoms with van der Waals surface area (Å²) < 4.78 is 15.4. The zero-order chi connectivity index (χ0) is 21.6. The number of aryl methyl sites for hydroxylation is 1. The van der Waals surface area contributed by atoms with E-state index in [2.05, 4.69) is 10.3 Å². The lowest BCUT2D eigenvalue weighted by Crippen LogP contribution is -2.42. The van der Waals surface area contributed by atoms with E-state index in [9.17, 15) is 14.4 Å². The second-order valence-electron chi connectivity index (χ2n) is 6.59. The van der Waals surface area contributed by atoms with Crippen LogP contribution in [-0.4, -0.2) is 60.8 Å². The van der Waals surface area contributed by atoms with Crippen LogP contribution >= 0.6 is 23.1 Å². The Morgan fingerprint density at radius 2 is 2.00 bits per heavy atom. The minimum atomic E-state index is -0.679. The zero-order valence-corrected chi connectivity index (χ0v) is 18.3. The first-order valence-corrected chi connectivity index (χ1v) is 10.8. The predicted octanol–water partition coefficient (Wildman–Crippen LogP) is 2.46. The van der Waals surface area contributed by atoms with Gasteiger partial charge in [0, 0.05) is 11.3 Å². The van der Waals surface area contributed by atoms with E-state index in [1.165, 1.54) is 33.1 Å². The second-order valence-corrected chi connectivity index (χ2v) is 8.71. The van der Waals surface area contributed by atoms with Crippen LogP contribution in [-0.2, 0) is 9.53 Å². The number of esters is 1. The molecule has 0 aliphatic carbocycles. The molecule has 9 nitrogen and oxygen atoms in total. The summed E-state index contributed by atoms with van der Waals surface area (Å²) in [5.74, 6) is 0.138. The van der Waals surface area contributed by atoms with Gasteiger partial charge in [0.05, 0.1) is 32.6 Å². The number of aromatic nitrogens is 1. The van der Waals surface area contributed by atoms with Crippen LogP contribution in [0.5, 0.6) is 11.5 Å². The lowest BCUT2D eigenvalue weighted by molar-refractivity contribution is -0.119. The van der Waals surface area contributed by atoms with E-state index >= 15 is 0 Å². The van der Waals surface area contributed by atoms with E-state index in [0.717, 1.165) is 16.9 Å². The molecule has 158 valence electrons. The fourth-order valence-electron chi connectivity index (χ4n) is 3.61. The van der Waals surface area contributed by atoms with E-state index in [0.29, 0.717) is 33.4 Å². The van der Waals surface area contributed by atoms with Crippen LogP contribution < -0.4 is 14.8 Å². The maximum atomic E-state index is 13.2. The summed E-state index contributed by atoms with van der Waals surface area (Å²) in [7, 11) is 4.28. The van der Waals surface area contributed by atoms with Crippen molar-refractivity contribution in [3.63, 3.8) is 0 Å². The number of carbonyl (C=O) groups is 3. The molecule has 0 spiro atoms. The van der Waals surface area contributed by atoms with Crippen molar-refractivity contribution in [2.75, 3.05) is 32.4 Å². The van der Waals surface area contributed by atoms with Crippen molar-refractivity contribution >= 4 is 46.0 Å². The van der Waals surface area contributed by atoms with Crippen LogP contribution in [0.1, 0.15) is 36.7 Å². The van der Waals surface area contributed by atoms with Crippen molar-refractivity contribution in [2.24, 2.45) is 0 Å². The number of hydrogen-bond donors (Lipinski definition) is 1. The molecule has 2 aromatic rings. The summed E-state index contributed by atoms with van der Waals surface area (Å²) in [6, 6.07) is 2.91. The molecule has 1 aromatic heterocycles. The number of hydrogen-bond acceptors (Lipinski definition) is 9. The molecule has 30 heavy (non-hydrogen) atoms. The summed E-state index contributed by atoms with van der Waals surface area (Å²) in [5, 5.41) is 2.75. The van der Waals surface area contributed by atoms with Crippen molar-refractivity contribution in [3.05, 3.63) is 33.8 Å². The number of anilines is 1. The molecule has 11 heteroatoms. The Morgan fingerprint density at radius 3 is 2.67 bits per heavy atom. The molecule has 2 aliphatic rings. The van der Waals surface area contributed by atoms with Gasteiger partial charge in [0.1, 0.15) is 16.3 Å². The minimum Gasteiger partial charge on any atom is -0.493 e. The molecule has 4 rings (SSSR count). The highest BCUT2D eigenvalue weighted by atomic mass is 32.2. The molecule has 3 heterocycles. The Balaban J connectivity index is 1.59. The Hall–Kier alpha value is -2.79. The second kappa shape index (κ2) is 7.80. The fourth-order valence-corrected chi connectivity index (χ4v) is 5.96. The first kappa shape index (κ1) is 20.5. The van der Waals surface area contributed by atoms with E-state index in [4.69, 9.17) is 14.2 Å². The van der Waals surface area contributed by atoms with Gasteiger partial charge in [-0.15, -0.1) is 11.8 Å². The highest BCUT2D eigenvalue weighted by Crippen LogP contribution is 2.52. The molecular formula is C19H19N3O6S2. The molecule has 1 fully saturated rings. The van der Waals surface area contributed by atoms with Crippen molar-refractivity contribution in [1.82, 2.24) is 9.88 Å². The number of benzene rings is 1. The number of fused-ring (bicyclic) bond motifs is 3. The maximum absolute atomic E-state index is 13.2. The van der Waals surface area contributed by atoms with Gasteiger partial charge in [0.2, 0.25) is 5.91 Å². The number of amides is 2. The normalized spacial score (nSPS) is 19.3. The SMILES string of the molecule is COC(=O)c1sc(NC(=O)C2CSC3c4ccc(OC)c(OC)c4C(=O)N23)nc1C. The van der Waals surface area contributed by atoms with Crippen LogP contribution in [0.15, 0.2) is 12.1 Å². The summed E-state index contributed by atoms with van der Waals surface area (Å²) in [6.45, 7) is 1.67. The first-order valence-electron chi connectivity index (χ1n) is 8.97. The third kappa shape index (κ3) is 3.08. The lowest BCUT2D eigenvalue weighted by atomic mass is 10.1. The molecule has 0 saturated carbocycles. The van der Waals surface area contributed by atoms with Crippen molar-refractivity contribution in [3.8, 4) is 11.5 Å². The predicted molar refractivity (Wildman–Crippen MR) is 112 cm³/mol. The van der Waals surface area contributed by atoms with Gasteiger partial charge in [-0.1, -0.05) is 17.4 Å². The van der Waals surface area contributed by atoms with Crippen LogP contribution in [0.25, 0.3) is 0 Å². The number of carbonyl (C=O) groups excluding carboxylic acids is 3. The maximum Gasteiger partial charge on any atom is 0.350 e. The average molecular weight is 450 g/mol. The van der Waals surface area contributed by atoms with Gasteiger partial charge in [-0.3, -0.25) is 9.59 Å². The van der Waals surface area contributed by atoms with Gasteiger partial charge in [-0.05, 0) is 13.0 Å². The Kier molecular flexibility index (Phi) is 5.33. The summed E-state index contributed by atoms with van der Waals surface area (Å²) >= 11 is 2.55. The van der Waals surface area contributed by atoms with Crippen molar-refractivity contribution in [2.45, 2.75) is 18.3 Å². The molecule has 0 radical (unpaired) electrons. The Morgan fingerprint density at radius 1 is 1.23 bits per heavy atom. The third-order valence-electron chi connectivity index (χ3n) is 4.99. The molecule has 0 bridgehead atoms. The van der Waals surface area contributed by atoms with Gasteiger partial charge < -0.3 is 24.4 Å². The Labute approximate surface area is 180 Å². The van der Waals surface area contributed by atoms with Crippen LogP contribution in [0, 0.1) is 6.92 Å². The highest BCUT2D eigenvalue weighted by molar-refractivity contribution is 7.99. The first-order chi connectivity index (χ1) is 14.4. The molecule has 2 unspecified atom stereocenters. The fraction of sp³-hybridized carbons (Fsp3) is 0.368. The number of rotatable bonds is 5. The molecule has 2 amide bonds. The van der Waals surface area contributed by atoms with Gasteiger partial charge in [-0.2, -0.15) is 0 Å². The van der Waals surface area contributed by atoms with Crippen LogP contribution in [0.4, 0.5) is 5.13 Å². The number of thiazole rings is 1. The summed E-state index contributed by atoms with van der Waals surface area (Å²) in [5.41, 5.74) is 1.70. The van der Waals surface area contributed by atoms with Gasteiger partial charge in [0.25, 0.3) is 5.91 Å². The van der Waals surface area contributed by atoms with Crippen molar-refractivity contribution < 1.29 is 28.6 Å². The summed E-state index contributed by atoms with van der Waals surface area (Å²) in [6.07, 6.45) is 0. The van der Waals surface area contributed by atoms with E-state index in [1.54, 1.807) is 17.9 Å². The van der Waals surface area contributed by atoms with Gasteiger partial charge in [0.15, 0.2) is 16.6 Å². The van der Waals surface area contributed by atoms with Crippen LogP contribution in [0.3, 0.4) is 0 Å². The van der Waals surface area contributed by atoms with Gasteiger partial charge >= 0.3 is 5.97 Å². The molecule has 1 aromatic carbocycles. The lowest BCUT2D eigenvalue weighted by Gasteiger charge is -2.22. The van der Waals surface area contributed by atoms with Gasteiger partial charge in [-0.25, -0.2) is 9.78 Å². The summed E-state index contributed by atoms with van der Waals surface area (Å²) in [4.78, 5) is 44.1. The monoisotopic (exact) mass is 449 g/mol. The number of ether oxygens (including phenoxy) is 3. The quantitative estimate of drug-likeness (QED) is 0.694. The van der Waals surface area contributed by atoms with E-state index in [1.807, 2.05) is 6.07 Å². The number of nitrogens with one attached hydrogen (secondary N) is 1.